The summed E-state index contributed by atoms with van der Waals surface area (Å²) < 4.78 is 5.44. The number of amides is 2. The van der Waals surface area contributed by atoms with E-state index in [2.05, 4.69) is 15.5 Å². The quantitative estimate of drug-likeness (QED) is 0.863. The Bertz CT molecular complexity index is 631. The van der Waals surface area contributed by atoms with Crippen LogP contribution in [0, 0.1) is 0 Å². The van der Waals surface area contributed by atoms with Gasteiger partial charge in [-0.25, -0.2) is 4.79 Å². The van der Waals surface area contributed by atoms with Crippen molar-refractivity contribution in [3.05, 3.63) is 5.01 Å². The van der Waals surface area contributed by atoms with Gasteiger partial charge in [-0.2, -0.15) is 0 Å². The van der Waals surface area contributed by atoms with Crippen LogP contribution in [0.4, 0.5) is 9.93 Å². The van der Waals surface area contributed by atoms with Crippen LogP contribution in [-0.2, 0) is 14.9 Å². The van der Waals surface area contributed by atoms with Crippen LogP contribution in [0.15, 0.2) is 0 Å². The van der Waals surface area contributed by atoms with Crippen molar-refractivity contribution in [2.24, 2.45) is 0 Å². The van der Waals surface area contributed by atoms with Gasteiger partial charge in [-0.1, -0.05) is 32.1 Å². The van der Waals surface area contributed by atoms with E-state index in [-0.39, 0.29) is 11.3 Å². The number of ether oxygens (including phenoxy) is 1. The number of hydrogen-bond acceptors (Lipinski definition) is 6. The van der Waals surface area contributed by atoms with Gasteiger partial charge in [-0.15, -0.1) is 10.2 Å². The van der Waals surface area contributed by atoms with Crippen LogP contribution in [0.3, 0.4) is 0 Å². The Balaban J connectivity index is 2.07. The second-order valence-electron chi connectivity index (χ2n) is 8.34. The maximum Gasteiger partial charge on any atom is 0.410 e. The molecular weight excluding hydrogens is 340 g/mol. The van der Waals surface area contributed by atoms with Crippen molar-refractivity contribution in [3.8, 4) is 0 Å². The van der Waals surface area contributed by atoms with Gasteiger partial charge in [0.2, 0.25) is 11.0 Å². The van der Waals surface area contributed by atoms with Crippen molar-refractivity contribution >= 4 is 28.5 Å². The van der Waals surface area contributed by atoms with Gasteiger partial charge in [0.05, 0.1) is 0 Å². The van der Waals surface area contributed by atoms with Gasteiger partial charge < -0.3 is 4.74 Å². The maximum atomic E-state index is 12.7. The monoisotopic (exact) mass is 368 g/mol. The van der Waals surface area contributed by atoms with E-state index in [1.165, 1.54) is 16.2 Å². The third-order valence-corrected chi connectivity index (χ3v) is 4.99. The third kappa shape index (κ3) is 5.39. The first-order valence-corrected chi connectivity index (χ1v) is 9.43. The van der Waals surface area contributed by atoms with Crippen LogP contribution in [0.2, 0.25) is 0 Å². The van der Waals surface area contributed by atoms with Gasteiger partial charge in [0.1, 0.15) is 16.7 Å². The SMILES string of the molecule is CC(C)(C)OC(=O)N1CCCCC1C(=O)Nc1nnc(C(C)(C)C)s1. The number of anilines is 1. The molecule has 0 aromatic carbocycles. The normalized spacial score (nSPS) is 18.8. The molecule has 1 unspecified atom stereocenters. The molecule has 1 aliphatic rings. The van der Waals surface area contributed by atoms with Crippen LogP contribution < -0.4 is 5.32 Å². The predicted molar refractivity (Wildman–Crippen MR) is 97.8 cm³/mol. The molecule has 1 aromatic rings. The second kappa shape index (κ2) is 7.27. The summed E-state index contributed by atoms with van der Waals surface area (Å²) in [7, 11) is 0. The molecule has 0 bridgehead atoms. The lowest BCUT2D eigenvalue weighted by Gasteiger charge is -2.35. The Hall–Kier alpha value is -1.70. The number of piperidine rings is 1. The smallest absolute Gasteiger partial charge is 0.410 e. The lowest BCUT2D eigenvalue weighted by Crippen LogP contribution is -2.51. The minimum Gasteiger partial charge on any atom is -0.444 e. The zero-order valence-electron chi connectivity index (χ0n) is 15.9. The Labute approximate surface area is 153 Å². The van der Waals surface area contributed by atoms with Crippen molar-refractivity contribution in [1.82, 2.24) is 15.1 Å². The van der Waals surface area contributed by atoms with Crippen LogP contribution in [0.1, 0.15) is 65.8 Å². The lowest BCUT2D eigenvalue weighted by atomic mass is 9.98. The molecule has 25 heavy (non-hydrogen) atoms. The largest absolute Gasteiger partial charge is 0.444 e. The van der Waals surface area contributed by atoms with E-state index in [1.807, 2.05) is 41.5 Å². The number of hydrogen-bond donors (Lipinski definition) is 1. The first-order chi connectivity index (χ1) is 11.5. The van der Waals surface area contributed by atoms with Crippen molar-refractivity contribution in [1.29, 1.82) is 0 Å². The van der Waals surface area contributed by atoms with Gasteiger partial charge >= 0.3 is 6.09 Å². The fourth-order valence-electron chi connectivity index (χ4n) is 2.51. The molecule has 1 aliphatic heterocycles. The average molecular weight is 369 g/mol. The topological polar surface area (TPSA) is 84.4 Å². The Morgan fingerprint density at radius 2 is 1.84 bits per heavy atom. The fourth-order valence-corrected chi connectivity index (χ4v) is 3.31. The van der Waals surface area contributed by atoms with Crippen molar-refractivity contribution in [3.63, 3.8) is 0 Å². The van der Waals surface area contributed by atoms with Crippen molar-refractivity contribution < 1.29 is 14.3 Å². The molecule has 2 heterocycles. The summed E-state index contributed by atoms with van der Waals surface area (Å²) >= 11 is 1.36. The molecule has 2 rings (SSSR count). The van der Waals surface area contributed by atoms with E-state index >= 15 is 0 Å². The molecule has 1 atom stereocenters. The molecule has 0 spiro atoms. The second-order valence-corrected chi connectivity index (χ2v) is 9.31. The van der Waals surface area contributed by atoms with Gasteiger partial charge in [0.25, 0.3) is 0 Å². The van der Waals surface area contributed by atoms with E-state index in [4.69, 9.17) is 4.74 Å². The zero-order chi connectivity index (χ0) is 18.8. The van der Waals surface area contributed by atoms with E-state index in [0.717, 1.165) is 17.8 Å². The molecule has 1 N–H and O–H groups in total. The minimum absolute atomic E-state index is 0.117. The predicted octanol–water partition coefficient (Wildman–Crippen LogP) is 3.56. The van der Waals surface area contributed by atoms with Crippen LogP contribution >= 0.6 is 11.3 Å². The number of aromatic nitrogens is 2. The molecule has 0 radical (unpaired) electrons. The van der Waals surface area contributed by atoms with Crippen LogP contribution in [-0.4, -0.2) is 45.3 Å². The van der Waals surface area contributed by atoms with Crippen molar-refractivity contribution in [2.75, 3.05) is 11.9 Å². The van der Waals surface area contributed by atoms with Gasteiger partial charge in [-0.05, 0) is 40.0 Å². The summed E-state index contributed by atoms with van der Waals surface area (Å²) in [5.74, 6) is -0.234. The average Bonchev–Trinajstić information content (AvgIpc) is 2.94. The highest BCUT2D eigenvalue weighted by Crippen LogP contribution is 2.28. The number of carbonyl (C=O) groups is 2. The van der Waals surface area contributed by atoms with E-state index in [0.29, 0.717) is 18.1 Å². The van der Waals surface area contributed by atoms with Gasteiger partial charge in [-0.3, -0.25) is 15.0 Å². The van der Waals surface area contributed by atoms with E-state index < -0.39 is 17.7 Å². The number of nitrogens with one attached hydrogen (secondary N) is 1. The molecular formula is C17H28N4O3S. The molecule has 2 amide bonds. The highest BCUT2D eigenvalue weighted by molar-refractivity contribution is 7.15. The zero-order valence-corrected chi connectivity index (χ0v) is 16.7. The summed E-state index contributed by atoms with van der Waals surface area (Å²) in [4.78, 5) is 26.6. The maximum absolute atomic E-state index is 12.7. The Morgan fingerprint density at radius 3 is 2.40 bits per heavy atom. The first-order valence-electron chi connectivity index (χ1n) is 8.62. The molecule has 1 aromatic heterocycles. The number of rotatable bonds is 2. The number of nitrogens with zero attached hydrogens (tertiary/aromatic N) is 3. The van der Waals surface area contributed by atoms with Crippen LogP contribution in [0.5, 0.6) is 0 Å². The summed E-state index contributed by atoms with van der Waals surface area (Å²) in [6.07, 6.45) is 1.95. The van der Waals surface area contributed by atoms with Gasteiger partial charge in [0, 0.05) is 12.0 Å². The standard InChI is InChI=1S/C17H28N4O3S/c1-16(2,3)13-19-20-14(25-13)18-12(22)11-9-7-8-10-21(11)15(23)24-17(4,5)6/h11H,7-10H2,1-6H3,(H,18,20,22). The van der Waals surface area contributed by atoms with Gasteiger partial charge in [0.15, 0.2) is 0 Å². The summed E-state index contributed by atoms with van der Waals surface area (Å²) in [6.45, 7) is 12.1. The van der Waals surface area contributed by atoms with E-state index in [9.17, 15) is 9.59 Å². The summed E-state index contributed by atoms with van der Waals surface area (Å²) in [5, 5.41) is 12.3. The van der Waals surface area contributed by atoms with Crippen LogP contribution in [0.25, 0.3) is 0 Å². The molecule has 7 nitrogen and oxygen atoms in total. The Morgan fingerprint density at radius 1 is 1.16 bits per heavy atom. The lowest BCUT2D eigenvalue weighted by molar-refractivity contribution is -0.122. The molecule has 1 fully saturated rings. The summed E-state index contributed by atoms with van der Waals surface area (Å²) in [6, 6.07) is -0.536. The highest BCUT2D eigenvalue weighted by Gasteiger charge is 2.35. The third-order valence-electron chi connectivity index (χ3n) is 3.73. The number of likely N-dealkylation sites (tertiary alicyclic amines) is 1. The molecule has 8 heteroatoms. The number of carbonyl (C=O) groups excluding carboxylic acids is 2. The molecule has 140 valence electrons. The first kappa shape index (κ1) is 19.6. The molecule has 0 saturated carbocycles. The van der Waals surface area contributed by atoms with Crippen molar-refractivity contribution in [2.45, 2.75) is 77.9 Å². The minimum atomic E-state index is -0.587. The molecule has 1 saturated heterocycles. The Kier molecular flexibility index (Phi) is 5.71. The summed E-state index contributed by atoms with van der Waals surface area (Å²) in [5.41, 5.74) is -0.704. The van der Waals surface area contributed by atoms with E-state index in [1.54, 1.807) is 0 Å². The molecule has 0 aliphatic carbocycles. The highest BCUT2D eigenvalue weighted by atomic mass is 32.1. The fraction of sp³-hybridized carbons (Fsp3) is 0.765.